The molecule has 6 aromatic rings. The van der Waals surface area contributed by atoms with Crippen molar-refractivity contribution in [2.45, 2.75) is 38.5 Å². The van der Waals surface area contributed by atoms with E-state index in [4.69, 9.17) is 9.47 Å². The van der Waals surface area contributed by atoms with E-state index in [1.54, 1.807) is 0 Å². The molecule has 2 aromatic heterocycles. The standard InChI is InChI=1S/C44H42N2O6/c1-51-43(49)33(23-35-27-45-41-9-5-3-7-39(35)41)25-37(47)21-31-17-13-29(14-18-31)11-12-30-15-19-32(20-16-30)22-38(48)26-34(44(50)52-2)24-36-28-46-42-10-6-4-8-40(36)42/h3-20,27-28,33-34,45-46H,21-26H2,1-2H3/b12-11+/t33-,34-/m1/s1. The first kappa shape index (κ1) is 35.8. The number of hydrogen-bond donors (Lipinski definition) is 2. The molecular formula is C44H42N2O6. The fourth-order valence-corrected chi connectivity index (χ4v) is 6.78. The van der Waals surface area contributed by atoms with Crippen LogP contribution in [0.4, 0.5) is 0 Å². The number of Topliss-reactive ketones (excluding diaryl/α,β-unsaturated/α-hetero) is 2. The van der Waals surface area contributed by atoms with Crippen molar-refractivity contribution in [3.8, 4) is 0 Å². The molecule has 2 atom stereocenters. The van der Waals surface area contributed by atoms with Crippen molar-refractivity contribution in [2.75, 3.05) is 14.2 Å². The van der Waals surface area contributed by atoms with Gasteiger partial charge in [0.15, 0.2) is 0 Å². The van der Waals surface area contributed by atoms with Crippen LogP contribution < -0.4 is 0 Å². The van der Waals surface area contributed by atoms with Crippen LogP contribution in [0.3, 0.4) is 0 Å². The molecule has 0 unspecified atom stereocenters. The predicted octanol–water partition coefficient (Wildman–Crippen LogP) is 7.89. The highest BCUT2D eigenvalue weighted by molar-refractivity contribution is 5.89. The second kappa shape index (κ2) is 16.8. The highest BCUT2D eigenvalue weighted by Crippen LogP contribution is 2.25. The fraction of sp³-hybridized carbons (Fsp3) is 0.227. The van der Waals surface area contributed by atoms with E-state index in [0.717, 1.165) is 55.2 Å². The molecule has 0 fully saturated rings. The third kappa shape index (κ3) is 9.01. The van der Waals surface area contributed by atoms with Crippen LogP contribution in [0.2, 0.25) is 0 Å². The van der Waals surface area contributed by atoms with Gasteiger partial charge in [-0.05, 0) is 58.4 Å². The number of para-hydroxylation sites is 2. The number of rotatable bonds is 16. The second-order valence-electron chi connectivity index (χ2n) is 13.2. The maximum atomic E-state index is 13.1. The van der Waals surface area contributed by atoms with Crippen molar-refractivity contribution in [3.05, 3.63) is 143 Å². The summed E-state index contributed by atoms with van der Waals surface area (Å²) in [5, 5.41) is 2.08. The maximum Gasteiger partial charge on any atom is 0.309 e. The Morgan fingerprint density at radius 1 is 0.558 bits per heavy atom. The number of ketones is 2. The van der Waals surface area contributed by atoms with E-state index in [-0.39, 0.29) is 49.2 Å². The lowest BCUT2D eigenvalue weighted by Gasteiger charge is -2.14. The number of nitrogens with one attached hydrogen (secondary N) is 2. The second-order valence-corrected chi connectivity index (χ2v) is 13.2. The van der Waals surface area contributed by atoms with Crippen molar-refractivity contribution in [3.63, 3.8) is 0 Å². The Kier molecular flexibility index (Phi) is 11.6. The smallest absolute Gasteiger partial charge is 0.309 e. The van der Waals surface area contributed by atoms with E-state index < -0.39 is 11.8 Å². The van der Waals surface area contributed by atoms with E-state index in [0.29, 0.717) is 12.8 Å². The first-order valence-electron chi connectivity index (χ1n) is 17.4. The number of methoxy groups -OCH3 is 2. The molecule has 0 amide bonds. The van der Waals surface area contributed by atoms with E-state index in [1.807, 2.05) is 122 Å². The van der Waals surface area contributed by atoms with Crippen LogP contribution >= 0.6 is 0 Å². The van der Waals surface area contributed by atoms with E-state index in [9.17, 15) is 19.2 Å². The van der Waals surface area contributed by atoms with Crippen molar-refractivity contribution in [2.24, 2.45) is 11.8 Å². The fourth-order valence-electron chi connectivity index (χ4n) is 6.78. The normalized spacial score (nSPS) is 12.6. The summed E-state index contributed by atoms with van der Waals surface area (Å²) in [6.45, 7) is 0. The quantitative estimate of drug-likeness (QED) is 0.0786. The van der Waals surface area contributed by atoms with Crippen molar-refractivity contribution in [1.82, 2.24) is 9.97 Å². The molecule has 0 radical (unpaired) electrons. The van der Waals surface area contributed by atoms with E-state index >= 15 is 0 Å². The summed E-state index contributed by atoms with van der Waals surface area (Å²) >= 11 is 0. The van der Waals surface area contributed by atoms with Gasteiger partial charge in [0.25, 0.3) is 0 Å². The predicted molar refractivity (Wildman–Crippen MR) is 203 cm³/mol. The summed E-state index contributed by atoms with van der Waals surface area (Å²) in [6, 6.07) is 31.4. The van der Waals surface area contributed by atoms with Gasteiger partial charge in [-0.2, -0.15) is 0 Å². The number of aromatic amines is 2. The van der Waals surface area contributed by atoms with Crippen LogP contribution in [-0.2, 0) is 54.3 Å². The molecule has 8 nitrogen and oxygen atoms in total. The van der Waals surface area contributed by atoms with Gasteiger partial charge < -0.3 is 19.4 Å². The Labute approximate surface area is 302 Å². The third-order valence-electron chi connectivity index (χ3n) is 9.53. The Balaban J connectivity index is 0.999. The number of esters is 2. The van der Waals surface area contributed by atoms with E-state index in [1.165, 1.54) is 14.2 Å². The number of ether oxygens (including phenoxy) is 2. The van der Waals surface area contributed by atoms with Crippen LogP contribution in [-0.4, -0.2) is 47.7 Å². The molecule has 2 N–H and O–H groups in total. The van der Waals surface area contributed by atoms with Gasteiger partial charge in [-0.1, -0.05) is 97.1 Å². The van der Waals surface area contributed by atoms with Gasteiger partial charge in [-0.3, -0.25) is 19.2 Å². The van der Waals surface area contributed by atoms with Gasteiger partial charge in [0.05, 0.1) is 26.1 Å². The van der Waals surface area contributed by atoms with Gasteiger partial charge >= 0.3 is 11.9 Å². The molecule has 6 rings (SSSR count). The largest absolute Gasteiger partial charge is 0.469 e. The van der Waals surface area contributed by atoms with Crippen molar-refractivity contribution in [1.29, 1.82) is 0 Å². The lowest BCUT2D eigenvalue weighted by Crippen LogP contribution is -2.23. The molecule has 0 aliphatic rings. The van der Waals surface area contributed by atoms with Crippen LogP contribution in [0.1, 0.15) is 46.2 Å². The van der Waals surface area contributed by atoms with Gasteiger partial charge in [-0.15, -0.1) is 0 Å². The molecule has 8 heteroatoms. The minimum Gasteiger partial charge on any atom is -0.469 e. The lowest BCUT2D eigenvalue weighted by molar-refractivity contribution is -0.147. The molecule has 0 saturated heterocycles. The molecular weight excluding hydrogens is 652 g/mol. The average Bonchev–Trinajstić information content (AvgIpc) is 3.77. The summed E-state index contributed by atoms with van der Waals surface area (Å²) in [6.07, 6.45) is 9.29. The highest BCUT2D eigenvalue weighted by atomic mass is 16.5. The van der Waals surface area contributed by atoms with E-state index in [2.05, 4.69) is 9.97 Å². The summed E-state index contributed by atoms with van der Waals surface area (Å²) in [5.41, 5.74) is 7.67. The summed E-state index contributed by atoms with van der Waals surface area (Å²) in [5.74, 6) is -1.93. The number of H-pyrrole nitrogens is 2. The first-order chi connectivity index (χ1) is 25.3. The Morgan fingerprint density at radius 3 is 1.33 bits per heavy atom. The zero-order valence-electron chi connectivity index (χ0n) is 29.4. The highest BCUT2D eigenvalue weighted by Gasteiger charge is 2.25. The minimum atomic E-state index is -0.559. The molecule has 0 aliphatic heterocycles. The number of carbonyl (C=O) groups is 4. The molecule has 264 valence electrons. The Hall–Kier alpha value is -6.02. The number of hydrogen-bond acceptors (Lipinski definition) is 6. The minimum absolute atomic E-state index is 0.0211. The summed E-state index contributed by atoms with van der Waals surface area (Å²) < 4.78 is 10.1. The third-order valence-corrected chi connectivity index (χ3v) is 9.53. The monoisotopic (exact) mass is 694 g/mol. The van der Waals surface area contributed by atoms with Crippen LogP contribution in [0, 0.1) is 11.8 Å². The molecule has 4 aromatic carbocycles. The van der Waals surface area contributed by atoms with Gasteiger partial charge in [0.2, 0.25) is 0 Å². The van der Waals surface area contributed by atoms with Crippen LogP contribution in [0.15, 0.2) is 109 Å². The maximum absolute atomic E-state index is 13.1. The van der Waals surface area contributed by atoms with Crippen LogP contribution in [0.5, 0.6) is 0 Å². The Bertz CT molecular complexity index is 2050. The number of benzene rings is 4. The molecule has 2 heterocycles. The van der Waals surface area contributed by atoms with Crippen molar-refractivity contribution < 1.29 is 28.7 Å². The number of fused-ring (bicyclic) bond motifs is 2. The SMILES string of the molecule is COC(=O)[C@@H](CC(=O)Cc1ccc(/C=C/c2ccc(CC(=O)C[C@@H](Cc3c[nH]c4ccccc34)C(=O)OC)cc2)cc1)Cc1c[nH]c2ccccc12. The molecule has 52 heavy (non-hydrogen) atoms. The first-order valence-corrected chi connectivity index (χ1v) is 17.4. The molecule has 0 aliphatic carbocycles. The summed E-state index contributed by atoms with van der Waals surface area (Å²) in [7, 11) is 2.71. The zero-order chi connectivity index (χ0) is 36.5. The number of aromatic nitrogens is 2. The van der Waals surface area contributed by atoms with Gasteiger partial charge in [0, 0.05) is 59.9 Å². The Morgan fingerprint density at radius 2 is 0.942 bits per heavy atom. The topological polar surface area (TPSA) is 118 Å². The average molecular weight is 695 g/mol. The lowest BCUT2D eigenvalue weighted by atomic mass is 9.92. The van der Waals surface area contributed by atoms with Gasteiger partial charge in [-0.25, -0.2) is 0 Å². The zero-order valence-corrected chi connectivity index (χ0v) is 29.4. The van der Waals surface area contributed by atoms with Gasteiger partial charge in [0.1, 0.15) is 11.6 Å². The molecule has 0 bridgehead atoms. The molecule has 0 spiro atoms. The van der Waals surface area contributed by atoms with Crippen molar-refractivity contribution >= 4 is 57.5 Å². The molecule has 0 saturated carbocycles. The number of carbonyl (C=O) groups excluding carboxylic acids is 4. The van der Waals surface area contributed by atoms with Crippen LogP contribution in [0.25, 0.3) is 34.0 Å². The summed E-state index contributed by atoms with van der Waals surface area (Å²) in [4.78, 5) is 57.8.